The number of pyridine rings is 2. The van der Waals surface area contributed by atoms with Gasteiger partial charge in [0.25, 0.3) is 11.5 Å². The van der Waals surface area contributed by atoms with Crippen LogP contribution in [0.1, 0.15) is 20.8 Å². The Kier molecular flexibility index (Phi) is 6.20. The van der Waals surface area contributed by atoms with Crippen molar-refractivity contribution >= 4 is 34.7 Å². The van der Waals surface area contributed by atoms with E-state index < -0.39 is 5.91 Å². The van der Waals surface area contributed by atoms with Crippen LogP contribution in [0, 0.1) is 11.3 Å². The quantitative estimate of drug-likeness (QED) is 0.354. The van der Waals surface area contributed by atoms with E-state index in [1.54, 1.807) is 37.6 Å². The smallest absolute Gasteiger partial charge is 0.285 e. The van der Waals surface area contributed by atoms with Gasteiger partial charge >= 0.3 is 0 Å². The maximum atomic E-state index is 13.2. The predicted molar refractivity (Wildman–Crippen MR) is 134 cm³/mol. The van der Waals surface area contributed by atoms with Crippen LogP contribution in [-0.2, 0) is 13.6 Å². The van der Waals surface area contributed by atoms with Gasteiger partial charge in [-0.25, -0.2) is 0 Å². The van der Waals surface area contributed by atoms with Crippen molar-refractivity contribution in [1.29, 1.82) is 5.26 Å². The van der Waals surface area contributed by atoms with Gasteiger partial charge in [0.1, 0.15) is 29.2 Å². The third-order valence-corrected chi connectivity index (χ3v) is 6.65. The van der Waals surface area contributed by atoms with E-state index in [2.05, 4.69) is 26.6 Å². The number of aromatic nitrogens is 5. The molecular formula is C24H16ClN7O3S. The minimum absolute atomic E-state index is 0.104. The number of hydrogen-bond acceptors (Lipinski definition) is 9. The van der Waals surface area contributed by atoms with Gasteiger partial charge in [-0.1, -0.05) is 16.8 Å². The average molecular weight is 518 g/mol. The molecule has 0 aliphatic rings. The van der Waals surface area contributed by atoms with Crippen LogP contribution in [0.3, 0.4) is 0 Å². The second-order valence-electron chi connectivity index (χ2n) is 7.64. The fraction of sp³-hybridized carbons (Fsp3) is 0.0833. The Labute approximate surface area is 213 Å². The number of halogens is 1. The highest BCUT2D eigenvalue weighted by atomic mass is 35.5. The lowest BCUT2D eigenvalue weighted by atomic mass is 10.1. The third-order valence-electron chi connectivity index (χ3n) is 5.42. The summed E-state index contributed by atoms with van der Waals surface area (Å²) in [5, 5.41) is 21.3. The molecule has 178 valence electrons. The summed E-state index contributed by atoms with van der Waals surface area (Å²) in [5.74, 6) is -0.381. The van der Waals surface area contributed by atoms with Gasteiger partial charge in [0.15, 0.2) is 5.82 Å². The molecule has 0 aromatic carbocycles. The summed E-state index contributed by atoms with van der Waals surface area (Å²) in [4.78, 5) is 31.1. The first kappa shape index (κ1) is 23.2. The van der Waals surface area contributed by atoms with E-state index in [4.69, 9.17) is 16.1 Å². The lowest BCUT2D eigenvalue weighted by Gasteiger charge is -2.10. The molecule has 5 heterocycles. The van der Waals surface area contributed by atoms with E-state index in [1.165, 1.54) is 34.4 Å². The standard InChI is InChI=1S/C24H16ClN7O3S/c1-31-19(14-3-2-6-27-10-14)7-15(8-21(31)33)22-18(9-26)23(28-12-17-4-5-20(25)36-17)32(30-22)24(34)16-11-29-35-13-16/h2-8,10-11,13,28H,12H2,1H3. The Morgan fingerprint density at radius 2 is 2.11 bits per heavy atom. The molecule has 36 heavy (non-hydrogen) atoms. The summed E-state index contributed by atoms with van der Waals surface area (Å²) in [6, 6.07) is 12.4. The number of hydrogen-bond donors (Lipinski definition) is 1. The SMILES string of the molecule is Cn1c(-c2cccnc2)cc(-c2nn(C(=O)c3cnoc3)c(NCc3ccc(Cl)s3)c2C#N)cc1=O. The van der Waals surface area contributed by atoms with Crippen LogP contribution >= 0.6 is 22.9 Å². The number of nitrogens with zero attached hydrogens (tertiary/aromatic N) is 6. The molecule has 0 fully saturated rings. The van der Waals surface area contributed by atoms with Gasteiger partial charge in [0, 0.05) is 41.5 Å². The maximum Gasteiger partial charge on any atom is 0.285 e. The highest BCUT2D eigenvalue weighted by Crippen LogP contribution is 2.31. The van der Waals surface area contributed by atoms with Gasteiger partial charge < -0.3 is 14.4 Å². The van der Waals surface area contributed by atoms with Crippen molar-refractivity contribution in [3.63, 3.8) is 0 Å². The van der Waals surface area contributed by atoms with Crippen LogP contribution in [-0.4, -0.2) is 30.4 Å². The fourth-order valence-electron chi connectivity index (χ4n) is 3.65. The van der Waals surface area contributed by atoms with Gasteiger partial charge in [-0.3, -0.25) is 14.6 Å². The largest absolute Gasteiger partial charge is 0.364 e. The lowest BCUT2D eigenvalue weighted by Crippen LogP contribution is -2.18. The zero-order valence-electron chi connectivity index (χ0n) is 18.7. The molecule has 0 saturated carbocycles. The number of carbonyl (C=O) groups is 1. The Morgan fingerprint density at radius 1 is 1.25 bits per heavy atom. The molecule has 0 aliphatic carbocycles. The minimum atomic E-state index is -0.554. The van der Waals surface area contributed by atoms with Crippen LogP contribution < -0.4 is 10.9 Å². The highest BCUT2D eigenvalue weighted by Gasteiger charge is 2.25. The lowest BCUT2D eigenvalue weighted by molar-refractivity contribution is 0.0947. The molecule has 1 N–H and O–H groups in total. The minimum Gasteiger partial charge on any atom is -0.364 e. The monoisotopic (exact) mass is 517 g/mol. The van der Waals surface area contributed by atoms with Gasteiger partial charge in [-0.05, 0) is 30.3 Å². The topological polar surface area (TPSA) is 132 Å². The number of nitriles is 1. The van der Waals surface area contributed by atoms with Gasteiger partial charge in [-0.15, -0.1) is 11.3 Å². The molecule has 0 aliphatic heterocycles. The Balaban J connectivity index is 1.66. The molecule has 0 bridgehead atoms. The Bertz CT molecular complexity index is 1660. The average Bonchev–Trinajstić information content (AvgIpc) is 3.64. The second-order valence-corrected chi connectivity index (χ2v) is 9.44. The number of carbonyl (C=O) groups excluding carboxylic acids is 1. The molecule has 10 nitrogen and oxygen atoms in total. The van der Waals surface area contributed by atoms with E-state index in [9.17, 15) is 14.9 Å². The van der Waals surface area contributed by atoms with E-state index in [0.29, 0.717) is 27.7 Å². The van der Waals surface area contributed by atoms with Crippen molar-refractivity contribution in [2.24, 2.45) is 7.05 Å². The third kappa shape index (κ3) is 4.31. The first-order valence-electron chi connectivity index (χ1n) is 10.5. The first-order chi connectivity index (χ1) is 17.5. The molecule has 0 spiro atoms. The number of anilines is 1. The van der Waals surface area contributed by atoms with Crippen LogP contribution in [0.2, 0.25) is 4.34 Å². The van der Waals surface area contributed by atoms with Crippen molar-refractivity contribution in [3.8, 4) is 28.6 Å². The maximum absolute atomic E-state index is 13.2. The second kappa shape index (κ2) is 9.61. The van der Waals surface area contributed by atoms with Crippen LogP contribution in [0.15, 0.2) is 70.6 Å². The number of thiophene rings is 1. The summed E-state index contributed by atoms with van der Waals surface area (Å²) >= 11 is 7.41. The zero-order valence-corrected chi connectivity index (χ0v) is 20.2. The molecule has 0 amide bonds. The fourth-order valence-corrected chi connectivity index (χ4v) is 4.68. The van der Waals surface area contributed by atoms with E-state index in [1.807, 2.05) is 12.1 Å². The van der Waals surface area contributed by atoms with E-state index in [0.717, 1.165) is 9.56 Å². The van der Waals surface area contributed by atoms with Crippen LogP contribution in [0.4, 0.5) is 5.82 Å². The van der Waals surface area contributed by atoms with Crippen molar-refractivity contribution in [3.05, 3.63) is 91.9 Å². The van der Waals surface area contributed by atoms with Crippen LogP contribution in [0.25, 0.3) is 22.5 Å². The van der Waals surface area contributed by atoms with E-state index >= 15 is 0 Å². The van der Waals surface area contributed by atoms with Crippen molar-refractivity contribution in [2.75, 3.05) is 5.32 Å². The summed E-state index contributed by atoms with van der Waals surface area (Å²) in [6.45, 7) is 0.297. The van der Waals surface area contributed by atoms with Crippen molar-refractivity contribution < 1.29 is 9.32 Å². The Morgan fingerprint density at radius 3 is 2.78 bits per heavy atom. The molecule has 12 heteroatoms. The molecule has 0 unspecified atom stereocenters. The molecular weight excluding hydrogens is 502 g/mol. The number of rotatable bonds is 6. The molecule has 5 aromatic rings. The van der Waals surface area contributed by atoms with Gasteiger partial charge in [0.05, 0.1) is 22.8 Å². The van der Waals surface area contributed by atoms with Crippen molar-refractivity contribution in [1.82, 2.24) is 24.5 Å². The normalized spacial score (nSPS) is 10.8. The van der Waals surface area contributed by atoms with Crippen LogP contribution in [0.5, 0.6) is 0 Å². The van der Waals surface area contributed by atoms with Gasteiger partial charge in [0.2, 0.25) is 0 Å². The highest BCUT2D eigenvalue weighted by molar-refractivity contribution is 7.16. The summed E-state index contributed by atoms with van der Waals surface area (Å²) < 4.78 is 7.98. The van der Waals surface area contributed by atoms with E-state index in [-0.39, 0.29) is 28.2 Å². The summed E-state index contributed by atoms with van der Waals surface area (Å²) in [7, 11) is 1.65. The zero-order chi connectivity index (χ0) is 25.2. The van der Waals surface area contributed by atoms with Gasteiger partial charge in [-0.2, -0.15) is 15.0 Å². The Hall–Kier alpha value is -4.53. The molecule has 0 radical (unpaired) electrons. The summed E-state index contributed by atoms with van der Waals surface area (Å²) in [5.41, 5.74) is 1.80. The molecule has 0 atom stereocenters. The molecule has 5 aromatic heterocycles. The number of nitrogens with one attached hydrogen (secondary N) is 1. The van der Waals surface area contributed by atoms with Crippen molar-refractivity contribution in [2.45, 2.75) is 6.54 Å². The first-order valence-corrected chi connectivity index (χ1v) is 11.7. The predicted octanol–water partition coefficient (Wildman–Crippen LogP) is 4.19. The summed E-state index contributed by atoms with van der Waals surface area (Å²) in [6.07, 6.45) is 5.72. The molecule has 0 saturated heterocycles. The molecule has 5 rings (SSSR count).